The van der Waals surface area contributed by atoms with E-state index in [9.17, 15) is 10.1 Å². The van der Waals surface area contributed by atoms with E-state index in [-0.39, 0.29) is 22.6 Å². The van der Waals surface area contributed by atoms with Crippen LogP contribution in [-0.4, -0.2) is 14.9 Å². The second-order valence-corrected chi connectivity index (χ2v) is 5.25. The van der Waals surface area contributed by atoms with Crippen LogP contribution in [0.2, 0.25) is 10.0 Å². The summed E-state index contributed by atoms with van der Waals surface area (Å²) in [6.07, 6.45) is 0.964. The first-order chi connectivity index (χ1) is 9.92. The second-order valence-electron chi connectivity index (χ2n) is 3.58. The molecular formula is C10H6BrCl2N5O3. The van der Waals surface area contributed by atoms with Gasteiger partial charge in [-0.2, -0.15) is 4.98 Å². The molecule has 0 spiro atoms. The highest BCUT2D eigenvalue weighted by atomic mass is 79.9. The third-order valence-electron chi connectivity index (χ3n) is 2.24. The maximum Gasteiger partial charge on any atom is 0.349 e. The third-order valence-corrected chi connectivity index (χ3v) is 3.74. The van der Waals surface area contributed by atoms with Crippen molar-refractivity contribution in [2.75, 3.05) is 5.43 Å². The number of halogens is 3. The summed E-state index contributed by atoms with van der Waals surface area (Å²) in [7, 11) is 0. The zero-order valence-electron chi connectivity index (χ0n) is 10.0. The molecule has 0 radical (unpaired) electrons. The molecule has 21 heavy (non-hydrogen) atoms. The number of hydrogen-bond donors (Lipinski definition) is 2. The number of hydrogen-bond acceptors (Lipinski definition) is 7. The molecule has 0 aliphatic carbocycles. The van der Waals surface area contributed by atoms with Crippen LogP contribution in [-0.2, 0) is 0 Å². The fraction of sp³-hybridized carbons (Fsp3) is 0. The van der Waals surface area contributed by atoms with Gasteiger partial charge in [-0.05, 0) is 22.0 Å². The maximum absolute atomic E-state index is 10.9. The number of aromatic nitrogens is 2. The monoisotopic (exact) mass is 393 g/mol. The van der Waals surface area contributed by atoms with Crippen LogP contribution in [0.3, 0.4) is 0 Å². The van der Waals surface area contributed by atoms with Gasteiger partial charge in [0, 0.05) is 10.5 Å². The highest BCUT2D eigenvalue weighted by Crippen LogP contribution is 2.38. The Kier molecular flexibility index (Phi) is 4.78. The lowest BCUT2D eigenvalue weighted by molar-refractivity contribution is -0.386. The van der Waals surface area contributed by atoms with Gasteiger partial charge >= 0.3 is 11.6 Å². The predicted octanol–water partition coefficient (Wildman–Crippen LogP) is 3.53. The van der Waals surface area contributed by atoms with Gasteiger partial charge in [0.25, 0.3) is 0 Å². The van der Waals surface area contributed by atoms with Crippen LogP contribution in [0.1, 0.15) is 0 Å². The van der Waals surface area contributed by atoms with E-state index in [4.69, 9.17) is 33.8 Å². The van der Waals surface area contributed by atoms with Gasteiger partial charge in [-0.25, -0.2) is 10.8 Å². The first-order valence-corrected chi connectivity index (χ1v) is 6.77. The molecule has 11 heteroatoms. The summed E-state index contributed by atoms with van der Waals surface area (Å²) < 4.78 is 5.91. The first-order valence-electron chi connectivity index (χ1n) is 5.23. The number of anilines is 1. The summed E-state index contributed by atoms with van der Waals surface area (Å²) in [5.41, 5.74) is 1.72. The molecule has 0 fully saturated rings. The fourth-order valence-corrected chi connectivity index (χ4v) is 2.15. The molecule has 1 aromatic heterocycles. The number of nitrogens with zero attached hydrogens (tertiary/aromatic N) is 3. The van der Waals surface area contributed by atoms with Gasteiger partial charge in [0.05, 0.1) is 15.0 Å². The molecule has 110 valence electrons. The molecule has 2 rings (SSSR count). The summed E-state index contributed by atoms with van der Waals surface area (Å²) in [6.45, 7) is 0. The molecule has 3 N–H and O–H groups in total. The Morgan fingerprint density at radius 1 is 1.38 bits per heavy atom. The minimum absolute atomic E-state index is 0.0464. The van der Waals surface area contributed by atoms with Crippen molar-refractivity contribution in [2.45, 2.75) is 0 Å². The molecule has 0 saturated carbocycles. The molecule has 2 aromatic rings. The van der Waals surface area contributed by atoms with E-state index >= 15 is 0 Å². The zero-order chi connectivity index (χ0) is 15.6. The van der Waals surface area contributed by atoms with Gasteiger partial charge in [-0.1, -0.05) is 23.2 Å². The first kappa shape index (κ1) is 15.7. The predicted molar refractivity (Wildman–Crippen MR) is 80.7 cm³/mol. The molecule has 0 amide bonds. The smallest absolute Gasteiger partial charge is 0.349 e. The quantitative estimate of drug-likeness (QED) is 0.352. The maximum atomic E-state index is 10.9. The van der Waals surface area contributed by atoms with Gasteiger partial charge in [0.15, 0.2) is 0 Å². The lowest BCUT2D eigenvalue weighted by Crippen LogP contribution is -2.11. The van der Waals surface area contributed by atoms with Gasteiger partial charge in [0.2, 0.25) is 5.95 Å². The lowest BCUT2D eigenvalue weighted by Gasteiger charge is -2.09. The van der Waals surface area contributed by atoms with Crippen molar-refractivity contribution in [3.05, 3.63) is 43.0 Å². The van der Waals surface area contributed by atoms with Crippen molar-refractivity contribution in [1.82, 2.24) is 9.97 Å². The van der Waals surface area contributed by atoms with Gasteiger partial charge in [-0.15, -0.1) is 0 Å². The lowest BCUT2D eigenvalue weighted by atomic mass is 10.3. The van der Waals surface area contributed by atoms with Crippen molar-refractivity contribution in [1.29, 1.82) is 0 Å². The van der Waals surface area contributed by atoms with E-state index in [1.807, 2.05) is 0 Å². The number of hydrazine groups is 1. The van der Waals surface area contributed by atoms with Gasteiger partial charge < -0.3 is 4.74 Å². The number of ether oxygens (including phenoxy) is 1. The molecule has 1 aromatic carbocycles. The van der Waals surface area contributed by atoms with E-state index in [1.165, 1.54) is 12.1 Å². The summed E-state index contributed by atoms with van der Waals surface area (Å²) in [5.74, 6) is 4.90. The third kappa shape index (κ3) is 3.50. The second kappa shape index (κ2) is 6.39. The molecule has 1 heterocycles. The Morgan fingerprint density at radius 3 is 2.71 bits per heavy atom. The summed E-state index contributed by atoms with van der Waals surface area (Å²) >= 11 is 15.1. The van der Waals surface area contributed by atoms with E-state index in [1.54, 1.807) is 0 Å². The summed E-state index contributed by atoms with van der Waals surface area (Å²) in [5, 5.41) is 11.5. The van der Waals surface area contributed by atoms with Crippen molar-refractivity contribution >= 4 is 50.8 Å². The average molecular weight is 395 g/mol. The van der Waals surface area contributed by atoms with Crippen LogP contribution < -0.4 is 16.0 Å². The van der Waals surface area contributed by atoms with Crippen LogP contribution in [0.15, 0.2) is 22.8 Å². The van der Waals surface area contributed by atoms with Crippen molar-refractivity contribution in [3.63, 3.8) is 0 Å². The molecular weight excluding hydrogens is 389 g/mol. The molecule has 0 bridgehead atoms. The summed E-state index contributed by atoms with van der Waals surface area (Å²) in [4.78, 5) is 17.7. The minimum atomic E-state index is -0.690. The topological polar surface area (TPSA) is 116 Å². The van der Waals surface area contributed by atoms with Crippen LogP contribution in [0.4, 0.5) is 11.6 Å². The normalized spacial score (nSPS) is 10.3. The van der Waals surface area contributed by atoms with Gasteiger partial charge in [-0.3, -0.25) is 15.5 Å². The molecule has 0 unspecified atom stereocenters. The molecule has 0 atom stereocenters. The molecule has 0 aliphatic heterocycles. The highest BCUT2D eigenvalue weighted by molar-refractivity contribution is 9.10. The van der Waals surface area contributed by atoms with E-state index < -0.39 is 10.6 Å². The number of nitro groups is 1. The molecule has 8 nitrogen and oxygen atoms in total. The standard InChI is InChI=1S/C10H6BrCl2N5O3/c11-4-1-6(13)8(2-5(4)12)21-9-7(18(19)20)3-15-10(16-9)17-14/h1-3H,14H2,(H,15,16,17). The fourth-order valence-electron chi connectivity index (χ4n) is 1.32. The zero-order valence-corrected chi connectivity index (χ0v) is 13.1. The number of nitrogen functional groups attached to an aromatic ring is 1. The minimum Gasteiger partial charge on any atom is -0.432 e. The number of benzene rings is 1. The summed E-state index contributed by atoms with van der Waals surface area (Å²) in [6, 6.07) is 2.89. The Labute approximate surface area is 136 Å². The largest absolute Gasteiger partial charge is 0.432 e. The SMILES string of the molecule is NNc1ncc([N+](=O)[O-])c(Oc2cc(Cl)c(Br)cc2Cl)n1. The van der Waals surface area contributed by atoms with Crippen molar-refractivity contribution in [3.8, 4) is 11.6 Å². The van der Waals surface area contributed by atoms with Crippen LogP contribution in [0, 0.1) is 10.1 Å². The average Bonchev–Trinajstić information content (AvgIpc) is 2.44. The van der Waals surface area contributed by atoms with Crippen molar-refractivity contribution in [2.24, 2.45) is 5.84 Å². The number of nitrogens with two attached hydrogens (primary N) is 1. The van der Waals surface area contributed by atoms with Crippen LogP contribution in [0.25, 0.3) is 0 Å². The number of rotatable bonds is 4. The van der Waals surface area contributed by atoms with E-state index in [0.29, 0.717) is 9.50 Å². The van der Waals surface area contributed by atoms with Gasteiger partial charge in [0.1, 0.15) is 11.9 Å². The van der Waals surface area contributed by atoms with E-state index in [2.05, 4.69) is 31.3 Å². The highest BCUT2D eigenvalue weighted by Gasteiger charge is 2.21. The Balaban J connectivity index is 2.47. The Bertz CT molecular complexity index is 715. The Morgan fingerprint density at radius 2 is 2.10 bits per heavy atom. The molecule has 0 aliphatic rings. The number of nitrogens with one attached hydrogen (secondary N) is 1. The van der Waals surface area contributed by atoms with Crippen LogP contribution >= 0.6 is 39.1 Å². The van der Waals surface area contributed by atoms with Crippen molar-refractivity contribution < 1.29 is 9.66 Å². The van der Waals surface area contributed by atoms with Crippen LogP contribution in [0.5, 0.6) is 11.6 Å². The molecule has 0 saturated heterocycles. The Hall–Kier alpha value is -1.68. The van der Waals surface area contributed by atoms with E-state index in [0.717, 1.165) is 6.20 Å².